The number of esters is 1. The summed E-state index contributed by atoms with van der Waals surface area (Å²) in [5.74, 6) is -1.53. The molecule has 2 heterocycles. The first kappa shape index (κ1) is 20.0. The average molecular weight is 410 g/mol. The molecule has 29 heavy (non-hydrogen) atoms. The molecule has 3 rings (SSSR count). The first-order valence-electron chi connectivity index (χ1n) is 8.62. The Morgan fingerprint density at radius 1 is 1.21 bits per heavy atom. The van der Waals surface area contributed by atoms with Gasteiger partial charge in [-0.2, -0.15) is 5.10 Å². The van der Waals surface area contributed by atoms with Crippen molar-refractivity contribution >= 4 is 35.3 Å². The lowest BCUT2D eigenvalue weighted by atomic mass is 10.2. The number of hydrogen-bond donors (Lipinski definition) is 2. The molecule has 1 unspecified atom stereocenters. The van der Waals surface area contributed by atoms with Gasteiger partial charge in [-0.3, -0.25) is 10.1 Å². The third kappa shape index (κ3) is 5.17. The predicted molar refractivity (Wildman–Crippen MR) is 109 cm³/mol. The van der Waals surface area contributed by atoms with Crippen LogP contribution in [0, 0.1) is 0 Å². The molecule has 0 saturated heterocycles. The molecule has 0 spiro atoms. The number of thiophene rings is 1. The van der Waals surface area contributed by atoms with Gasteiger partial charge in [0.15, 0.2) is 6.10 Å². The van der Waals surface area contributed by atoms with E-state index in [1.807, 2.05) is 53.2 Å². The Kier molecular flexibility index (Phi) is 6.20. The topological polar surface area (TPSA) is 116 Å². The maximum absolute atomic E-state index is 12.1. The summed E-state index contributed by atoms with van der Waals surface area (Å²) in [6.07, 6.45) is 3.42. The van der Waals surface area contributed by atoms with E-state index >= 15 is 0 Å². The first-order valence-corrected chi connectivity index (χ1v) is 9.50. The fourth-order valence-electron chi connectivity index (χ4n) is 2.47. The van der Waals surface area contributed by atoms with Gasteiger partial charge in [0.05, 0.1) is 10.6 Å². The van der Waals surface area contributed by atoms with E-state index in [2.05, 4.69) is 5.10 Å². The molecule has 0 aliphatic carbocycles. The Morgan fingerprint density at radius 3 is 2.62 bits per heavy atom. The van der Waals surface area contributed by atoms with Crippen LogP contribution in [0.2, 0.25) is 0 Å². The minimum Gasteiger partial charge on any atom is -0.449 e. The van der Waals surface area contributed by atoms with Crippen molar-refractivity contribution in [2.75, 3.05) is 0 Å². The molecular formula is C20H18N4O4S. The Labute approximate surface area is 170 Å². The number of para-hydroxylation sites is 1. The van der Waals surface area contributed by atoms with Crippen molar-refractivity contribution < 1.29 is 19.1 Å². The molecule has 3 N–H and O–H groups in total. The number of benzene rings is 1. The van der Waals surface area contributed by atoms with E-state index in [4.69, 9.17) is 10.5 Å². The molecule has 1 aromatic carbocycles. The quantitative estimate of drug-likeness (QED) is 0.479. The summed E-state index contributed by atoms with van der Waals surface area (Å²) >= 11 is 1.53. The number of amides is 3. The molecule has 0 aliphatic heterocycles. The standard InChI is InChI=1S/C20H18N4O4S/c1-13(19(26)22-20(21)27)28-17(25)10-9-14-12-24(15-6-3-2-4-7-15)23-18(14)16-8-5-11-29-16/h2-13H,1H3,(H3,21,22,26,27). The van der Waals surface area contributed by atoms with Gasteiger partial charge in [-0.15, -0.1) is 11.3 Å². The SMILES string of the molecule is CC(OC(=O)C=Cc1cn(-c2ccccc2)nc1-c1cccs1)C(=O)NC(N)=O. The van der Waals surface area contributed by atoms with Crippen LogP contribution in [0.3, 0.4) is 0 Å². The van der Waals surface area contributed by atoms with Crippen LogP contribution in [0.4, 0.5) is 4.79 Å². The summed E-state index contributed by atoms with van der Waals surface area (Å²) in [5, 5.41) is 8.43. The molecule has 8 nitrogen and oxygen atoms in total. The summed E-state index contributed by atoms with van der Waals surface area (Å²) in [6.45, 7) is 1.34. The number of nitrogens with zero attached hydrogens (tertiary/aromatic N) is 2. The molecule has 3 aromatic rings. The number of imide groups is 1. The molecule has 0 radical (unpaired) electrons. The first-order chi connectivity index (χ1) is 13.9. The summed E-state index contributed by atoms with van der Waals surface area (Å²) in [6, 6.07) is 12.4. The highest BCUT2D eigenvalue weighted by Gasteiger charge is 2.18. The number of primary amides is 1. The molecule has 0 aliphatic rings. The fourth-order valence-corrected chi connectivity index (χ4v) is 3.21. The molecule has 0 fully saturated rings. The number of aromatic nitrogens is 2. The van der Waals surface area contributed by atoms with Crippen LogP contribution in [0.15, 0.2) is 60.1 Å². The van der Waals surface area contributed by atoms with Crippen LogP contribution in [-0.4, -0.2) is 33.8 Å². The van der Waals surface area contributed by atoms with Crippen molar-refractivity contribution in [3.05, 3.63) is 65.7 Å². The van der Waals surface area contributed by atoms with Gasteiger partial charge in [0.2, 0.25) is 0 Å². The second-order valence-corrected chi connectivity index (χ2v) is 6.90. The molecular weight excluding hydrogens is 392 g/mol. The van der Waals surface area contributed by atoms with Crippen molar-refractivity contribution in [2.24, 2.45) is 5.73 Å². The van der Waals surface area contributed by atoms with Gasteiger partial charge in [0.1, 0.15) is 5.69 Å². The third-order valence-corrected chi connectivity index (χ3v) is 4.70. The Balaban J connectivity index is 1.80. The lowest BCUT2D eigenvalue weighted by Crippen LogP contribution is -2.42. The number of rotatable bonds is 6. The second kappa shape index (κ2) is 8.98. The lowest BCUT2D eigenvalue weighted by Gasteiger charge is -2.09. The highest BCUT2D eigenvalue weighted by molar-refractivity contribution is 7.13. The summed E-state index contributed by atoms with van der Waals surface area (Å²) in [5.41, 5.74) is 7.18. The number of hydrogen-bond acceptors (Lipinski definition) is 6. The summed E-state index contributed by atoms with van der Waals surface area (Å²) in [7, 11) is 0. The zero-order valence-electron chi connectivity index (χ0n) is 15.4. The van der Waals surface area contributed by atoms with Gasteiger partial charge >= 0.3 is 12.0 Å². The fraction of sp³-hybridized carbons (Fsp3) is 0.100. The minimum atomic E-state index is -1.16. The second-order valence-electron chi connectivity index (χ2n) is 5.96. The van der Waals surface area contributed by atoms with E-state index in [1.54, 1.807) is 17.0 Å². The smallest absolute Gasteiger partial charge is 0.331 e. The minimum absolute atomic E-state index is 0.711. The Bertz CT molecular complexity index is 1040. The highest BCUT2D eigenvalue weighted by Crippen LogP contribution is 2.28. The molecule has 9 heteroatoms. The van der Waals surface area contributed by atoms with Crippen LogP contribution in [0.5, 0.6) is 0 Å². The zero-order chi connectivity index (χ0) is 20.8. The Hall–Kier alpha value is -3.72. The molecule has 0 bridgehead atoms. The van der Waals surface area contributed by atoms with E-state index in [0.29, 0.717) is 11.3 Å². The number of nitrogens with two attached hydrogens (primary N) is 1. The molecule has 1 atom stereocenters. The van der Waals surface area contributed by atoms with Crippen molar-refractivity contribution in [1.29, 1.82) is 0 Å². The Morgan fingerprint density at radius 2 is 1.97 bits per heavy atom. The molecule has 3 amide bonds. The van der Waals surface area contributed by atoms with Gasteiger partial charge in [-0.05, 0) is 36.6 Å². The van der Waals surface area contributed by atoms with Crippen LogP contribution < -0.4 is 11.1 Å². The monoisotopic (exact) mass is 410 g/mol. The number of urea groups is 1. The van der Waals surface area contributed by atoms with E-state index < -0.39 is 24.0 Å². The predicted octanol–water partition coefficient (Wildman–Crippen LogP) is 2.74. The van der Waals surface area contributed by atoms with Gasteiger partial charge < -0.3 is 10.5 Å². The average Bonchev–Trinajstić information content (AvgIpc) is 3.36. The van der Waals surface area contributed by atoms with Gasteiger partial charge in [0, 0.05) is 17.8 Å². The van der Waals surface area contributed by atoms with E-state index in [9.17, 15) is 14.4 Å². The van der Waals surface area contributed by atoms with Crippen molar-refractivity contribution in [3.63, 3.8) is 0 Å². The van der Waals surface area contributed by atoms with Crippen LogP contribution in [-0.2, 0) is 14.3 Å². The molecule has 2 aromatic heterocycles. The third-order valence-electron chi connectivity index (χ3n) is 3.83. The van der Waals surface area contributed by atoms with Crippen molar-refractivity contribution in [3.8, 4) is 16.3 Å². The van der Waals surface area contributed by atoms with Gasteiger partial charge in [-0.25, -0.2) is 14.3 Å². The zero-order valence-corrected chi connectivity index (χ0v) is 16.3. The van der Waals surface area contributed by atoms with Crippen LogP contribution in [0.25, 0.3) is 22.3 Å². The van der Waals surface area contributed by atoms with E-state index in [0.717, 1.165) is 10.6 Å². The van der Waals surface area contributed by atoms with Crippen molar-refractivity contribution in [2.45, 2.75) is 13.0 Å². The summed E-state index contributed by atoms with van der Waals surface area (Å²) < 4.78 is 6.71. The van der Waals surface area contributed by atoms with Crippen LogP contribution in [0.1, 0.15) is 12.5 Å². The number of carbonyl (C=O) groups is 3. The maximum Gasteiger partial charge on any atom is 0.331 e. The molecule has 0 saturated carbocycles. The normalized spacial score (nSPS) is 11.9. The lowest BCUT2D eigenvalue weighted by molar-refractivity contribution is -0.149. The number of carbonyl (C=O) groups excluding carboxylic acids is 3. The largest absolute Gasteiger partial charge is 0.449 e. The van der Waals surface area contributed by atoms with Gasteiger partial charge in [-0.1, -0.05) is 24.3 Å². The highest BCUT2D eigenvalue weighted by atomic mass is 32.1. The number of nitrogens with one attached hydrogen (secondary N) is 1. The van der Waals surface area contributed by atoms with E-state index in [1.165, 1.54) is 24.3 Å². The maximum atomic E-state index is 12.1. The van der Waals surface area contributed by atoms with Crippen molar-refractivity contribution in [1.82, 2.24) is 15.1 Å². The van der Waals surface area contributed by atoms with Gasteiger partial charge in [0.25, 0.3) is 5.91 Å². The number of ether oxygens (including phenoxy) is 1. The molecule has 148 valence electrons. The van der Waals surface area contributed by atoms with E-state index in [-0.39, 0.29) is 0 Å². The van der Waals surface area contributed by atoms with Crippen LogP contribution >= 0.6 is 11.3 Å². The summed E-state index contributed by atoms with van der Waals surface area (Å²) in [4.78, 5) is 35.3.